The molecule has 1 aromatic heterocycles. The highest BCUT2D eigenvalue weighted by atomic mass is 15.5. The Morgan fingerprint density at radius 1 is 1.31 bits per heavy atom. The van der Waals surface area contributed by atoms with Crippen LogP contribution in [-0.4, -0.2) is 21.7 Å². The van der Waals surface area contributed by atoms with Crippen LogP contribution in [0, 0.1) is 0 Å². The number of nitrogens with zero attached hydrogens (tertiary/aromatic N) is 2. The molecule has 1 fully saturated rings. The highest BCUT2D eigenvalue weighted by molar-refractivity contribution is 5.09. The number of nitrogens with one attached hydrogen (secondary N) is 1. The first kappa shape index (κ1) is 11.7. The van der Waals surface area contributed by atoms with Gasteiger partial charge in [0.15, 0.2) is 0 Å². The third-order valence-electron chi connectivity index (χ3n) is 3.55. The minimum Gasteiger partial charge on any atom is -0.357 e. The molecule has 90 valence electrons. The second-order valence-corrected chi connectivity index (χ2v) is 5.06. The largest absolute Gasteiger partial charge is 0.357 e. The maximum absolute atomic E-state index is 3.57. The molecular formula is C13H23N3. The molecule has 16 heavy (non-hydrogen) atoms. The first-order chi connectivity index (χ1) is 7.66. The smallest absolute Gasteiger partial charge is 0.0368 e. The molecule has 0 bridgehead atoms. The number of aryl methyl sites for hydroxylation is 1. The third-order valence-corrected chi connectivity index (χ3v) is 3.55. The fourth-order valence-corrected chi connectivity index (χ4v) is 2.58. The van der Waals surface area contributed by atoms with E-state index in [1.807, 2.05) is 0 Å². The Morgan fingerprint density at radius 3 is 2.56 bits per heavy atom. The van der Waals surface area contributed by atoms with Crippen molar-refractivity contribution in [1.29, 1.82) is 0 Å². The Bertz CT molecular complexity index is 322. The summed E-state index contributed by atoms with van der Waals surface area (Å²) in [5, 5.41) is 2.43. The number of hydrogen-bond donors (Lipinski definition) is 1. The molecule has 0 radical (unpaired) electrons. The lowest BCUT2D eigenvalue weighted by molar-refractivity contribution is 0.0435. The van der Waals surface area contributed by atoms with Gasteiger partial charge in [0.05, 0.1) is 0 Å². The molecule has 1 aromatic rings. The van der Waals surface area contributed by atoms with E-state index in [9.17, 15) is 0 Å². The fraction of sp³-hybridized carbons (Fsp3) is 0.692. The first-order valence-corrected chi connectivity index (χ1v) is 6.29. The summed E-state index contributed by atoms with van der Waals surface area (Å²) in [5.41, 5.74) is 4.92. The minimum atomic E-state index is 0.660. The zero-order chi connectivity index (χ0) is 11.5. The second-order valence-electron chi connectivity index (χ2n) is 5.06. The van der Waals surface area contributed by atoms with Crippen LogP contribution in [0.15, 0.2) is 18.5 Å². The van der Waals surface area contributed by atoms with Gasteiger partial charge in [0, 0.05) is 38.1 Å². The number of hydrazine groups is 1. The Balaban J connectivity index is 1.88. The predicted octanol–water partition coefficient (Wildman–Crippen LogP) is 2.29. The van der Waals surface area contributed by atoms with E-state index in [0.717, 1.165) is 6.54 Å². The molecule has 2 atom stereocenters. The Labute approximate surface area is 98.4 Å². The van der Waals surface area contributed by atoms with Crippen LogP contribution in [0.25, 0.3) is 0 Å². The Hall–Kier alpha value is -0.800. The van der Waals surface area contributed by atoms with Gasteiger partial charge in [-0.1, -0.05) is 6.42 Å². The average Bonchev–Trinajstić information content (AvgIpc) is 2.63. The lowest BCUT2D eigenvalue weighted by Crippen LogP contribution is -2.51. The zero-order valence-electron chi connectivity index (χ0n) is 10.6. The number of aromatic nitrogens is 1. The molecule has 0 aromatic carbocycles. The minimum absolute atomic E-state index is 0.660. The summed E-state index contributed by atoms with van der Waals surface area (Å²) in [6, 6.07) is 3.49. The van der Waals surface area contributed by atoms with Crippen molar-refractivity contribution in [1.82, 2.24) is 15.0 Å². The van der Waals surface area contributed by atoms with Gasteiger partial charge in [-0.15, -0.1) is 0 Å². The Kier molecular flexibility index (Phi) is 3.66. The fourth-order valence-electron chi connectivity index (χ4n) is 2.58. The van der Waals surface area contributed by atoms with E-state index in [2.05, 4.69) is 54.4 Å². The highest BCUT2D eigenvalue weighted by Gasteiger charge is 2.23. The number of piperidine rings is 1. The maximum atomic E-state index is 3.57. The average molecular weight is 221 g/mol. The second kappa shape index (κ2) is 5.02. The zero-order valence-corrected chi connectivity index (χ0v) is 10.6. The van der Waals surface area contributed by atoms with E-state index in [1.54, 1.807) is 0 Å². The van der Waals surface area contributed by atoms with E-state index in [-0.39, 0.29) is 0 Å². The third kappa shape index (κ3) is 2.66. The van der Waals surface area contributed by atoms with Crippen molar-refractivity contribution in [2.24, 2.45) is 7.05 Å². The van der Waals surface area contributed by atoms with Crippen molar-refractivity contribution in [2.45, 2.75) is 51.7 Å². The van der Waals surface area contributed by atoms with Crippen LogP contribution in [-0.2, 0) is 13.6 Å². The summed E-state index contributed by atoms with van der Waals surface area (Å²) < 4.78 is 2.10. The standard InChI is InChI=1S/C13H23N3/c1-11-5-4-6-12(2)16(11)14-9-13-7-8-15(3)10-13/h7-8,10-12,14H,4-6,9H2,1-3H3. The van der Waals surface area contributed by atoms with E-state index in [4.69, 9.17) is 0 Å². The van der Waals surface area contributed by atoms with Crippen molar-refractivity contribution in [3.63, 3.8) is 0 Å². The van der Waals surface area contributed by atoms with E-state index in [1.165, 1.54) is 24.8 Å². The summed E-state index contributed by atoms with van der Waals surface area (Å²) in [4.78, 5) is 0. The Morgan fingerprint density at radius 2 is 2.00 bits per heavy atom. The summed E-state index contributed by atoms with van der Waals surface area (Å²) in [6.45, 7) is 5.57. The van der Waals surface area contributed by atoms with Crippen molar-refractivity contribution in [3.05, 3.63) is 24.0 Å². The number of hydrogen-bond acceptors (Lipinski definition) is 2. The van der Waals surface area contributed by atoms with Crippen molar-refractivity contribution in [3.8, 4) is 0 Å². The molecule has 1 aliphatic heterocycles. The highest BCUT2D eigenvalue weighted by Crippen LogP contribution is 2.20. The molecule has 2 heterocycles. The van der Waals surface area contributed by atoms with Gasteiger partial charge in [-0.3, -0.25) is 5.43 Å². The lowest BCUT2D eigenvalue weighted by Gasteiger charge is -2.39. The van der Waals surface area contributed by atoms with E-state index >= 15 is 0 Å². The molecule has 0 aliphatic carbocycles. The van der Waals surface area contributed by atoms with E-state index in [0.29, 0.717) is 12.1 Å². The summed E-state index contributed by atoms with van der Waals surface area (Å²) in [5.74, 6) is 0. The van der Waals surface area contributed by atoms with Gasteiger partial charge >= 0.3 is 0 Å². The summed E-state index contributed by atoms with van der Waals surface area (Å²) in [7, 11) is 2.07. The first-order valence-electron chi connectivity index (χ1n) is 6.29. The van der Waals surface area contributed by atoms with Crippen molar-refractivity contribution >= 4 is 0 Å². The molecule has 1 N–H and O–H groups in total. The normalized spacial score (nSPS) is 27.2. The van der Waals surface area contributed by atoms with Crippen LogP contribution in [0.3, 0.4) is 0 Å². The van der Waals surface area contributed by atoms with Crippen LogP contribution in [0.5, 0.6) is 0 Å². The van der Waals surface area contributed by atoms with Gasteiger partial charge in [-0.05, 0) is 38.3 Å². The molecule has 0 spiro atoms. The van der Waals surface area contributed by atoms with Gasteiger partial charge in [-0.2, -0.15) is 0 Å². The molecule has 0 amide bonds. The van der Waals surface area contributed by atoms with Crippen molar-refractivity contribution in [2.75, 3.05) is 0 Å². The monoisotopic (exact) mass is 221 g/mol. The molecular weight excluding hydrogens is 198 g/mol. The molecule has 2 rings (SSSR count). The van der Waals surface area contributed by atoms with Crippen LogP contribution < -0.4 is 5.43 Å². The van der Waals surface area contributed by atoms with Gasteiger partial charge in [0.2, 0.25) is 0 Å². The van der Waals surface area contributed by atoms with Crippen LogP contribution >= 0.6 is 0 Å². The molecule has 1 saturated heterocycles. The van der Waals surface area contributed by atoms with Crippen LogP contribution in [0.1, 0.15) is 38.7 Å². The van der Waals surface area contributed by atoms with Gasteiger partial charge < -0.3 is 4.57 Å². The predicted molar refractivity (Wildman–Crippen MR) is 66.9 cm³/mol. The van der Waals surface area contributed by atoms with Gasteiger partial charge in [-0.25, -0.2) is 5.01 Å². The topological polar surface area (TPSA) is 20.2 Å². The molecule has 3 nitrogen and oxygen atoms in total. The molecule has 2 unspecified atom stereocenters. The maximum Gasteiger partial charge on any atom is 0.0368 e. The molecule has 3 heteroatoms. The van der Waals surface area contributed by atoms with Crippen molar-refractivity contribution < 1.29 is 0 Å². The van der Waals surface area contributed by atoms with Crippen LogP contribution in [0.4, 0.5) is 0 Å². The van der Waals surface area contributed by atoms with Gasteiger partial charge in [0.25, 0.3) is 0 Å². The summed E-state index contributed by atoms with van der Waals surface area (Å²) in [6.07, 6.45) is 8.26. The van der Waals surface area contributed by atoms with Gasteiger partial charge in [0.1, 0.15) is 0 Å². The van der Waals surface area contributed by atoms with Crippen LogP contribution in [0.2, 0.25) is 0 Å². The molecule has 1 aliphatic rings. The lowest BCUT2D eigenvalue weighted by atomic mass is 10.00. The quantitative estimate of drug-likeness (QED) is 0.845. The number of rotatable bonds is 3. The summed E-state index contributed by atoms with van der Waals surface area (Å²) >= 11 is 0. The van der Waals surface area contributed by atoms with E-state index < -0.39 is 0 Å². The SMILES string of the molecule is CC1CCCC(C)N1NCc1ccn(C)c1. The molecule has 0 saturated carbocycles.